The summed E-state index contributed by atoms with van der Waals surface area (Å²) >= 11 is 0. The monoisotopic (exact) mass is 165 g/mol. The first-order valence-electron chi connectivity index (χ1n) is 4.23. The zero-order valence-corrected chi connectivity index (χ0v) is 8.10. The number of pyridine rings is 1. The van der Waals surface area contributed by atoms with Crippen molar-refractivity contribution in [3.8, 4) is 5.75 Å². The van der Waals surface area contributed by atoms with Gasteiger partial charge in [-0.2, -0.15) is 0 Å². The molecule has 0 radical (unpaired) electrons. The molecule has 0 fully saturated rings. The molecular weight excluding hydrogens is 150 g/mol. The fourth-order valence-electron chi connectivity index (χ4n) is 1.30. The van der Waals surface area contributed by atoms with Crippen molar-refractivity contribution in [3.63, 3.8) is 0 Å². The molecule has 0 saturated carbocycles. The number of aryl methyl sites for hydroxylation is 2. The van der Waals surface area contributed by atoms with Gasteiger partial charge in [-0.1, -0.05) is 6.92 Å². The summed E-state index contributed by atoms with van der Waals surface area (Å²) in [6, 6.07) is 0. The summed E-state index contributed by atoms with van der Waals surface area (Å²) in [6.07, 6.45) is 0.876. The highest BCUT2D eigenvalue weighted by molar-refractivity contribution is 5.43. The van der Waals surface area contributed by atoms with Crippen LogP contribution >= 0.6 is 0 Å². The molecule has 1 aromatic heterocycles. The van der Waals surface area contributed by atoms with E-state index in [4.69, 9.17) is 0 Å². The van der Waals surface area contributed by atoms with E-state index >= 15 is 0 Å². The van der Waals surface area contributed by atoms with E-state index in [1.165, 1.54) is 0 Å². The van der Waals surface area contributed by atoms with Gasteiger partial charge in [0.05, 0.1) is 0 Å². The first-order chi connectivity index (χ1) is 5.57. The van der Waals surface area contributed by atoms with Crippen LogP contribution in [0.5, 0.6) is 5.75 Å². The zero-order valence-electron chi connectivity index (χ0n) is 8.10. The smallest absolute Gasteiger partial charge is 0.125 e. The molecule has 0 aliphatic heterocycles. The molecule has 2 heteroatoms. The summed E-state index contributed by atoms with van der Waals surface area (Å²) in [5.41, 5.74) is 3.73. The zero-order chi connectivity index (χ0) is 9.30. The first-order valence-corrected chi connectivity index (χ1v) is 4.23. The van der Waals surface area contributed by atoms with Crippen molar-refractivity contribution in [2.45, 2.75) is 34.1 Å². The van der Waals surface area contributed by atoms with E-state index in [1.807, 2.05) is 27.7 Å². The predicted octanol–water partition coefficient (Wildman–Crippen LogP) is 2.27. The van der Waals surface area contributed by atoms with Gasteiger partial charge in [0.15, 0.2) is 0 Å². The second-order valence-corrected chi connectivity index (χ2v) is 3.10. The average Bonchev–Trinajstić information content (AvgIpc) is 2.08. The number of aromatic hydroxyl groups is 1. The number of aromatic nitrogens is 1. The Balaban J connectivity index is 3.39. The summed E-state index contributed by atoms with van der Waals surface area (Å²) in [5, 5.41) is 9.66. The molecule has 66 valence electrons. The molecule has 0 aliphatic rings. The van der Waals surface area contributed by atoms with Crippen molar-refractivity contribution < 1.29 is 5.11 Å². The Morgan fingerprint density at radius 1 is 1.17 bits per heavy atom. The maximum absolute atomic E-state index is 9.66. The summed E-state index contributed by atoms with van der Waals surface area (Å²) < 4.78 is 0. The number of nitrogens with zero attached hydrogens (tertiary/aromatic N) is 1. The van der Waals surface area contributed by atoms with Crippen LogP contribution in [0.4, 0.5) is 0 Å². The van der Waals surface area contributed by atoms with Crippen molar-refractivity contribution >= 4 is 0 Å². The van der Waals surface area contributed by atoms with Crippen molar-refractivity contribution in [1.82, 2.24) is 4.98 Å². The SMILES string of the molecule is CCc1nc(C)c(C)c(O)c1C. The number of hydrogen-bond acceptors (Lipinski definition) is 2. The van der Waals surface area contributed by atoms with E-state index in [0.717, 1.165) is 28.9 Å². The minimum absolute atomic E-state index is 0.402. The third-order valence-corrected chi connectivity index (χ3v) is 2.32. The molecular formula is C10H15NO. The van der Waals surface area contributed by atoms with E-state index in [-0.39, 0.29) is 0 Å². The van der Waals surface area contributed by atoms with Crippen molar-refractivity contribution in [2.24, 2.45) is 0 Å². The van der Waals surface area contributed by atoms with Crippen LogP contribution in [-0.4, -0.2) is 10.1 Å². The Kier molecular flexibility index (Phi) is 2.36. The van der Waals surface area contributed by atoms with Gasteiger partial charge in [-0.25, -0.2) is 0 Å². The molecule has 0 bridgehead atoms. The summed E-state index contributed by atoms with van der Waals surface area (Å²) in [7, 11) is 0. The Labute approximate surface area is 73.3 Å². The number of rotatable bonds is 1. The molecule has 0 amide bonds. The van der Waals surface area contributed by atoms with Gasteiger partial charge in [-0.3, -0.25) is 4.98 Å². The second kappa shape index (κ2) is 3.13. The maximum atomic E-state index is 9.66. The van der Waals surface area contributed by atoms with Gasteiger partial charge in [0.1, 0.15) is 5.75 Å². The lowest BCUT2D eigenvalue weighted by molar-refractivity contribution is 0.463. The van der Waals surface area contributed by atoms with Gasteiger partial charge in [-0.15, -0.1) is 0 Å². The van der Waals surface area contributed by atoms with Gasteiger partial charge in [-0.05, 0) is 27.2 Å². The lowest BCUT2D eigenvalue weighted by Crippen LogP contribution is -1.98. The van der Waals surface area contributed by atoms with Crippen LogP contribution in [0.3, 0.4) is 0 Å². The first kappa shape index (κ1) is 9.04. The van der Waals surface area contributed by atoms with Crippen molar-refractivity contribution in [2.75, 3.05) is 0 Å². The average molecular weight is 165 g/mol. The second-order valence-electron chi connectivity index (χ2n) is 3.10. The Morgan fingerprint density at radius 2 is 1.75 bits per heavy atom. The molecule has 12 heavy (non-hydrogen) atoms. The van der Waals surface area contributed by atoms with Gasteiger partial charge in [0, 0.05) is 22.5 Å². The molecule has 1 heterocycles. The van der Waals surface area contributed by atoms with Crippen LogP contribution < -0.4 is 0 Å². The van der Waals surface area contributed by atoms with E-state index in [0.29, 0.717) is 5.75 Å². The minimum atomic E-state index is 0.402. The maximum Gasteiger partial charge on any atom is 0.125 e. The van der Waals surface area contributed by atoms with Crippen molar-refractivity contribution in [1.29, 1.82) is 0 Å². The largest absolute Gasteiger partial charge is 0.507 e. The molecule has 0 unspecified atom stereocenters. The molecule has 2 nitrogen and oxygen atoms in total. The quantitative estimate of drug-likeness (QED) is 0.692. The van der Waals surface area contributed by atoms with Crippen LogP contribution in [0.1, 0.15) is 29.4 Å². The van der Waals surface area contributed by atoms with E-state index in [2.05, 4.69) is 4.98 Å². The van der Waals surface area contributed by atoms with Gasteiger partial charge in [0.25, 0.3) is 0 Å². The molecule has 0 aromatic carbocycles. The van der Waals surface area contributed by atoms with E-state index in [1.54, 1.807) is 0 Å². The highest BCUT2D eigenvalue weighted by Gasteiger charge is 2.08. The normalized spacial score (nSPS) is 10.3. The van der Waals surface area contributed by atoms with Crippen molar-refractivity contribution in [3.05, 3.63) is 22.5 Å². The Bertz CT molecular complexity index is 305. The third kappa shape index (κ3) is 1.29. The summed E-state index contributed by atoms with van der Waals surface area (Å²) in [4.78, 5) is 4.39. The van der Waals surface area contributed by atoms with Gasteiger partial charge < -0.3 is 5.11 Å². The van der Waals surface area contributed by atoms with Crippen LogP contribution in [0.25, 0.3) is 0 Å². The highest BCUT2D eigenvalue weighted by Crippen LogP contribution is 2.25. The van der Waals surface area contributed by atoms with Crippen LogP contribution in [0.15, 0.2) is 0 Å². The molecule has 0 atom stereocenters. The molecule has 1 aromatic rings. The van der Waals surface area contributed by atoms with Crippen LogP contribution in [0, 0.1) is 20.8 Å². The lowest BCUT2D eigenvalue weighted by Gasteiger charge is -2.09. The van der Waals surface area contributed by atoms with Crippen LogP contribution in [-0.2, 0) is 6.42 Å². The molecule has 1 rings (SSSR count). The summed E-state index contributed by atoms with van der Waals surface area (Å²) in [5.74, 6) is 0.402. The summed E-state index contributed by atoms with van der Waals surface area (Å²) in [6.45, 7) is 7.77. The molecule has 0 saturated heterocycles. The van der Waals surface area contributed by atoms with Gasteiger partial charge >= 0.3 is 0 Å². The fourth-order valence-corrected chi connectivity index (χ4v) is 1.30. The topological polar surface area (TPSA) is 33.1 Å². The number of hydrogen-bond donors (Lipinski definition) is 1. The molecule has 0 aliphatic carbocycles. The molecule has 0 spiro atoms. The predicted molar refractivity (Wildman–Crippen MR) is 49.5 cm³/mol. The lowest BCUT2D eigenvalue weighted by atomic mass is 10.1. The Hall–Kier alpha value is -1.05. The third-order valence-electron chi connectivity index (χ3n) is 2.32. The standard InChI is InChI=1S/C10H15NO/c1-5-9-7(3)10(12)6(2)8(4)11-9/h5H2,1-4H3,(H,11,12). The fraction of sp³-hybridized carbons (Fsp3) is 0.500. The minimum Gasteiger partial charge on any atom is -0.507 e. The van der Waals surface area contributed by atoms with E-state index < -0.39 is 0 Å². The van der Waals surface area contributed by atoms with E-state index in [9.17, 15) is 5.11 Å². The molecule has 1 N–H and O–H groups in total. The van der Waals surface area contributed by atoms with Crippen LogP contribution in [0.2, 0.25) is 0 Å². The van der Waals surface area contributed by atoms with Gasteiger partial charge in [0.2, 0.25) is 0 Å². The highest BCUT2D eigenvalue weighted by atomic mass is 16.3. The Morgan fingerprint density at radius 3 is 2.25 bits per heavy atom.